The van der Waals surface area contributed by atoms with Crippen LogP contribution in [0.15, 0.2) is 36.7 Å². The zero-order valence-electron chi connectivity index (χ0n) is 15.7. The SMILES string of the molecule is CCN(CC)c1ccc(Nc2ncc(C(=O)NCCCOC)cn2)cc1. The van der Waals surface area contributed by atoms with E-state index in [2.05, 4.69) is 51.5 Å². The highest BCUT2D eigenvalue weighted by Gasteiger charge is 2.07. The first-order chi connectivity index (χ1) is 12.7. The molecule has 0 atom stereocenters. The summed E-state index contributed by atoms with van der Waals surface area (Å²) in [5.74, 6) is 0.271. The fourth-order valence-electron chi connectivity index (χ4n) is 2.50. The van der Waals surface area contributed by atoms with Gasteiger partial charge in [-0.05, 0) is 44.5 Å². The second-order valence-electron chi connectivity index (χ2n) is 5.74. The Bertz CT molecular complexity index is 669. The van der Waals surface area contributed by atoms with E-state index in [1.54, 1.807) is 7.11 Å². The minimum absolute atomic E-state index is 0.184. The number of ether oxygens (including phenoxy) is 1. The summed E-state index contributed by atoms with van der Waals surface area (Å²) in [7, 11) is 1.64. The minimum Gasteiger partial charge on any atom is -0.385 e. The molecule has 0 fully saturated rings. The second-order valence-corrected chi connectivity index (χ2v) is 5.74. The van der Waals surface area contributed by atoms with Gasteiger partial charge >= 0.3 is 0 Å². The van der Waals surface area contributed by atoms with Crippen LogP contribution in [-0.4, -0.2) is 49.2 Å². The largest absolute Gasteiger partial charge is 0.385 e. The Hall–Kier alpha value is -2.67. The number of hydrogen-bond acceptors (Lipinski definition) is 6. The lowest BCUT2D eigenvalue weighted by atomic mass is 10.2. The van der Waals surface area contributed by atoms with Crippen molar-refractivity contribution in [1.82, 2.24) is 15.3 Å². The Morgan fingerprint density at radius 2 is 1.77 bits per heavy atom. The fraction of sp³-hybridized carbons (Fsp3) is 0.421. The molecule has 2 rings (SSSR count). The van der Waals surface area contributed by atoms with E-state index in [-0.39, 0.29) is 5.91 Å². The van der Waals surface area contributed by atoms with Crippen LogP contribution in [0.2, 0.25) is 0 Å². The Morgan fingerprint density at radius 1 is 1.12 bits per heavy atom. The van der Waals surface area contributed by atoms with Crippen molar-refractivity contribution in [2.24, 2.45) is 0 Å². The molecule has 1 aromatic heterocycles. The number of amides is 1. The second kappa shape index (κ2) is 10.4. The van der Waals surface area contributed by atoms with Crippen LogP contribution < -0.4 is 15.5 Å². The maximum Gasteiger partial charge on any atom is 0.254 e. The van der Waals surface area contributed by atoms with Crippen molar-refractivity contribution in [3.63, 3.8) is 0 Å². The molecule has 7 heteroatoms. The highest BCUT2D eigenvalue weighted by atomic mass is 16.5. The Morgan fingerprint density at radius 3 is 2.35 bits per heavy atom. The number of aromatic nitrogens is 2. The Kier molecular flexibility index (Phi) is 7.82. The van der Waals surface area contributed by atoms with Crippen molar-refractivity contribution in [3.05, 3.63) is 42.2 Å². The van der Waals surface area contributed by atoms with E-state index in [0.29, 0.717) is 24.7 Å². The van der Waals surface area contributed by atoms with E-state index in [9.17, 15) is 4.79 Å². The van der Waals surface area contributed by atoms with Gasteiger partial charge in [0.05, 0.1) is 5.56 Å². The number of nitrogens with one attached hydrogen (secondary N) is 2. The standard InChI is InChI=1S/C19H27N5O2/c1-4-24(5-2)17-9-7-16(8-10-17)23-19-21-13-15(14-22-19)18(25)20-11-6-12-26-3/h7-10,13-14H,4-6,11-12H2,1-3H3,(H,20,25)(H,21,22,23). The van der Waals surface area contributed by atoms with Crippen molar-refractivity contribution in [3.8, 4) is 0 Å². The third-order valence-corrected chi connectivity index (χ3v) is 3.98. The third-order valence-electron chi connectivity index (χ3n) is 3.98. The summed E-state index contributed by atoms with van der Waals surface area (Å²) in [5.41, 5.74) is 2.52. The summed E-state index contributed by atoms with van der Waals surface area (Å²) < 4.78 is 4.95. The van der Waals surface area contributed by atoms with Crippen LogP contribution in [0, 0.1) is 0 Å². The first-order valence-corrected chi connectivity index (χ1v) is 8.89. The molecular formula is C19H27N5O2. The highest BCUT2D eigenvalue weighted by molar-refractivity contribution is 5.93. The van der Waals surface area contributed by atoms with Crippen molar-refractivity contribution < 1.29 is 9.53 Å². The van der Waals surface area contributed by atoms with Gasteiger partial charge in [0, 0.05) is 57.1 Å². The lowest BCUT2D eigenvalue weighted by molar-refractivity contribution is 0.0948. The monoisotopic (exact) mass is 357 g/mol. The van der Waals surface area contributed by atoms with Gasteiger partial charge in [0.25, 0.3) is 5.91 Å². The summed E-state index contributed by atoms with van der Waals surface area (Å²) in [6, 6.07) is 8.12. The van der Waals surface area contributed by atoms with Gasteiger partial charge < -0.3 is 20.3 Å². The van der Waals surface area contributed by atoms with Gasteiger partial charge in [-0.1, -0.05) is 0 Å². The molecule has 0 bridgehead atoms. The molecule has 1 amide bonds. The average molecular weight is 357 g/mol. The molecule has 0 aliphatic heterocycles. The van der Waals surface area contributed by atoms with Crippen LogP contribution >= 0.6 is 0 Å². The quantitative estimate of drug-likeness (QED) is 0.637. The molecule has 0 spiro atoms. The molecular weight excluding hydrogens is 330 g/mol. The zero-order chi connectivity index (χ0) is 18.8. The van der Waals surface area contributed by atoms with Crippen LogP contribution in [-0.2, 0) is 4.74 Å². The van der Waals surface area contributed by atoms with Crippen molar-refractivity contribution in [2.45, 2.75) is 20.3 Å². The Labute approximate surface area is 154 Å². The molecule has 0 saturated heterocycles. The number of carbonyl (C=O) groups excluding carboxylic acids is 1. The van der Waals surface area contributed by atoms with E-state index in [1.807, 2.05) is 12.1 Å². The van der Waals surface area contributed by atoms with Crippen molar-refractivity contribution >= 4 is 23.2 Å². The van der Waals surface area contributed by atoms with Gasteiger partial charge in [-0.3, -0.25) is 4.79 Å². The molecule has 0 aliphatic carbocycles. The lowest BCUT2D eigenvalue weighted by Crippen LogP contribution is -2.25. The predicted molar refractivity (Wildman–Crippen MR) is 104 cm³/mol. The number of benzene rings is 1. The molecule has 0 aliphatic rings. The predicted octanol–water partition coefficient (Wildman–Crippen LogP) is 2.83. The molecule has 7 nitrogen and oxygen atoms in total. The molecule has 26 heavy (non-hydrogen) atoms. The maximum absolute atomic E-state index is 12.0. The van der Waals surface area contributed by atoms with Crippen LogP contribution in [0.1, 0.15) is 30.6 Å². The van der Waals surface area contributed by atoms with E-state index < -0.39 is 0 Å². The summed E-state index contributed by atoms with van der Waals surface area (Å²) in [6.07, 6.45) is 3.81. The molecule has 2 N–H and O–H groups in total. The van der Waals surface area contributed by atoms with Crippen LogP contribution in [0.5, 0.6) is 0 Å². The van der Waals surface area contributed by atoms with Crippen LogP contribution in [0.4, 0.5) is 17.3 Å². The average Bonchev–Trinajstić information content (AvgIpc) is 2.68. The molecule has 140 valence electrons. The summed E-state index contributed by atoms with van der Waals surface area (Å²) in [6.45, 7) is 7.40. The molecule has 2 aromatic rings. The zero-order valence-corrected chi connectivity index (χ0v) is 15.7. The molecule has 0 unspecified atom stereocenters. The lowest BCUT2D eigenvalue weighted by Gasteiger charge is -2.21. The van der Waals surface area contributed by atoms with Crippen molar-refractivity contribution in [2.75, 3.05) is 43.6 Å². The molecule has 1 heterocycles. The van der Waals surface area contributed by atoms with E-state index >= 15 is 0 Å². The minimum atomic E-state index is -0.184. The van der Waals surface area contributed by atoms with Crippen LogP contribution in [0.3, 0.4) is 0 Å². The smallest absolute Gasteiger partial charge is 0.254 e. The normalized spacial score (nSPS) is 10.4. The maximum atomic E-state index is 12.0. The molecule has 0 radical (unpaired) electrons. The van der Waals surface area contributed by atoms with Gasteiger partial charge in [0.2, 0.25) is 5.95 Å². The number of methoxy groups -OCH3 is 1. The summed E-state index contributed by atoms with van der Waals surface area (Å²) in [5, 5.41) is 5.95. The third kappa shape index (κ3) is 5.70. The van der Waals surface area contributed by atoms with Crippen LogP contribution in [0.25, 0.3) is 0 Å². The van der Waals surface area contributed by atoms with Gasteiger partial charge in [-0.15, -0.1) is 0 Å². The molecule has 1 aromatic carbocycles. The van der Waals surface area contributed by atoms with Crippen molar-refractivity contribution in [1.29, 1.82) is 0 Å². The van der Waals surface area contributed by atoms with Gasteiger partial charge in [0.15, 0.2) is 0 Å². The van der Waals surface area contributed by atoms with Gasteiger partial charge in [-0.2, -0.15) is 0 Å². The number of hydrogen-bond donors (Lipinski definition) is 2. The molecule has 0 saturated carbocycles. The highest BCUT2D eigenvalue weighted by Crippen LogP contribution is 2.19. The first kappa shape index (κ1) is 19.7. The number of anilines is 3. The first-order valence-electron chi connectivity index (χ1n) is 8.89. The fourth-order valence-corrected chi connectivity index (χ4v) is 2.50. The summed E-state index contributed by atoms with van der Waals surface area (Å²) in [4.78, 5) is 22.7. The number of nitrogens with zero attached hydrogens (tertiary/aromatic N) is 3. The topological polar surface area (TPSA) is 79.4 Å². The summed E-state index contributed by atoms with van der Waals surface area (Å²) >= 11 is 0. The van der Waals surface area contributed by atoms with E-state index in [0.717, 1.165) is 25.2 Å². The van der Waals surface area contributed by atoms with E-state index in [1.165, 1.54) is 18.1 Å². The number of rotatable bonds is 10. The Balaban J connectivity index is 1.91. The van der Waals surface area contributed by atoms with Gasteiger partial charge in [0.1, 0.15) is 0 Å². The van der Waals surface area contributed by atoms with E-state index in [4.69, 9.17) is 4.74 Å². The number of carbonyl (C=O) groups is 1. The van der Waals surface area contributed by atoms with Gasteiger partial charge in [-0.25, -0.2) is 9.97 Å².